The van der Waals surface area contributed by atoms with Gasteiger partial charge in [-0.1, -0.05) is 47.5 Å². The van der Waals surface area contributed by atoms with Crippen LogP contribution in [0.2, 0.25) is 0 Å². The van der Waals surface area contributed by atoms with Crippen molar-refractivity contribution in [3.63, 3.8) is 0 Å². The number of ether oxygens (including phenoxy) is 1. The fourth-order valence-electron chi connectivity index (χ4n) is 2.37. The highest BCUT2D eigenvalue weighted by Gasteiger charge is 2.30. The van der Waals surface area contributed by atoms with Gasteiger partial charge in [0.25, 0.3) is 0 Å². The van der Waals surface area contributed by atoms with Crippen LogP contribution < -0.4 is 5.73 Å². The van der Waals surface area contributed by atoms with Crippen LogP contribution in [0.5, 0.6) is 0 Å². The molecule has 0 saturated heterocycles. The Bertz CT molecular complexity index is 162. The fraction of sp³-hybridized carbons (Fsp3) is 1.00. The van der Waals surface area contributed by atoms with Gasteiger partial charge in [0.2, 0.25) is 0 Å². The SMILES string of the molecule is CCCC(C)CC(N)C(OC)C(C)(C)C. The van der Waals surface area contributed by atoms with E-state index in [9.17, 15) is 0 Å². The van der Waals surface area contributed by atoms with E-state index >= 15 is 0 Å². The molecule has 15 heavy (non-hydrogen) atoms. The number of hydrogen-bond donors (Lipinski definition) is 1. The van der Waals surface area contributed by atoms with E-state index in [1.165, 1.54) is 12.8 Å². The van der Waals surface area contributed by atoms with Gasteiger partial charge in [-0.2, -0.15) is 0 Å². The Labute approximate surface area is 95.6 Å². The first-order chi connectivity index (χ1) is 6.82. The maximum absolute atomic E-state index is 6.22. The third kappa shape index (κ3) is 5.53. The zero-order valence-electron chi connectivity index (χ0n) is 11.3. The summed E-state index contributed by atoms with van der Waals surface area (Å²) >= 11 is 0. The molecule has 0 fully saturated rings. The van der Waals surface area contributed by atoms with Gasteiger partial charge in [-0.15, -0.1) is 0 Å². The van der Waals surface area contributed by atoms with E-state index in [1.54, 1.807) is 7.11 Å². The van der Waals surface area contributed by atoms with Crippen molar-refractivity contribution in [3.05, 3.63) is 0 Å². The molecule has 2 N–H and O–H groups in total. The smallest absolute Gasteiger partial charge is 0.0770 e. The number of methoxy groups -OCH3 is 1. The largest absolute Gasteiger partial charge is 0.379 e. The van der Waals surface area contributed by atoms with E-state index in [-0.39, 0.29) is 17.6 Å². The minimum atomic E-state index is 0.125. The zero-order valence-corrected chi connectivity index (χ0v) is 11.3. The van der Waals surface area contributed by atoms with Gasteiger partial charge in [-0.05, 0) is 17.8 Å². The van der Waals surface area contributed by atoms with Crippen LogP contribution in [-0.2, 0) is 4.74 Å². The number of hydrogen-bond acceptors (Lipinski definition) is 2. The Balaban J connectivity index is 4.21. The molecule has 0 aromatic heterocycles. The van der Waals surface area contributed by atoms with E-state index in [1.807, 2.05) is 0 Å². The molecule has 0 aromatic carbocycles. The molecule has 3 atom stereocenters. The predicted molar refractivity (Wildman–Crippen MR) is 66.9 cm³/mol. The molecule has 0 spiro atoms. The summed E-state index contributed by atoms with van der Waals surface area (Å²) in [7, 11) is 1.76. The molecular weight excluding hydrogens is 186 g/mol. The van der Waals surface area contributed by atoms with Crippen molar-refractivity contribution in [2.75, 3.05) is 7.11 Å². The quantitative estimate of drug-likeness (QED) is 0.738. The van der Waals surface area contributed by atoms with Crippen LogP contribution in [0.15, 0.2) is 0 Å². The molecule has 0 aromatic rings. The normalized spacial score (nSPS) is 18.6. The maximum atomic E-state index is 6.22. The second-order valence-corrected chi connectivity index (χ2v) is 5.82. The lowest BCUT2D eigenvalue weighted by molar-refractivity contribution is -0.00678. The Morgan fingerprint density at radius 1 is 1.27 bits per heavy atom. The maximum Gasteiger partial charge on any atom is 0.0770 e. The summed E-state index contributed by atoms with van der Waals surface area (Å²) in [4.78, 5) is 0. The molecule has 0 saturated carbocycles. The highest BCUT2D eigenvalue weighted by atomic mass is 16.5. The Hall–Kier alpha value is -0.0800. The van der Waals surface area contributed by atoms with Crippen molar-refractivity contribution in [1.29, 1.82) is 0 Å². The van der Waals surface area contributed by atoms with Crippen molar-refractivity contribution in [2.45, 2.75) is 66.0 Å². The van der Waals surface area contributed by atoms with Crippen LogP contribution >= 0.6 is 0 Å². The van der Waals surface area contributed by atoms with Crippen LogP contribution in [0.3, 0.4) is 0 Å². The van der Waals surface area contributed by atoms with Crippen LogP contribution in [-0.4, -0.2) is 19.3 Å². The third-order valence-corrected chi connectivity index (χ3v) is 2.95. The van der Waals surface area contributed by atoms with Crippen LogP contribution in [0.25, 0.3) is 0 Å². The molecular formula is C13H29NO. The molecule has 0 rings (SSSR count). The van der Waals surface area contributed by atoms with E-state index in [0.717, 1.165) is 6.42 Å². The van der Waals surface area contributed by atoms with Crippen LogP contribution in [0, 0.1) is 11.3 Å². The van der Waals surface area contributed by atoms with E-state index < -0.39 is 0 Å². The first kappa shape index (κ1) is 14.9. The second-order valence-electron chi connectivity index (χ2n) is 5.82. The van der Waals surface area contributed by atoms with Crippen molar-refractivity contribution in [3.8, 4) is 0 Å². The molecule has 0 bridgehead atoms. The minimum Gasteiger partial charge on any atom is -0.379 e. The van der Waals surface area contributed by atoms with Crippen molar-refractivity contribution in [2.24, 2.45) is 17.1 Å². The lowest BCUT2D eigenvalue weighted by atomic mass is 9.81. The molecule has 0 aliphatic rings. The predicted octanol–water partition coefficient (Wildman–Crippen LogP) is 3.20. The van der Waals surface area contributed by atoms with Gasteiger partial charge < -0.3 is 10.5 Å². The summed E-state index contributed by atoms with van der Waals surface area (Å²) in [6, 6.07) is 0.150. The summed E-state index contributed by atoms with van der Waals surface area (Å²) in [6.45, 7) is 11.1. The molecule has 0 aliphatic heterocycles. The first-order valence-electron chi connectivity index (χ1n) is 6.11. The Morgan fingerprint density at radius 2 is 1.80 bits per heavy atom. The minimum absolute atomic E-state index is 0.125. The van der Waals surface area contributed by atoms with E-state index in [4.69, 9.17) is 10.5 Å². The van der Waals surface area contributed by atoms with Gasteiger partial charge in [-0.3, -0.25) is 0 Å². The van der Waals surface area contributed by atoms with Gasteiger partial charge >= 0.3 is 0 Å². The summed E-state index contributed by atoms with van der Waals surface area (Å²) in [5, 5.41) is 0. The molecule has 0 amide bonds. The topological polar surface area (TPSA) is 35.2 Å². The lowest BCUT2D eigenvalue weighted by Gasteiger charge is -2.35. The van der Waals surface area contributed by atoms with Gasteiger partial charge in [0.05, 0.1) is 6.10 Å². The van der Waals surface area contributed by atoms with Crippen molar-refractivity contribution < 1.29 is 4.74 Å². The fourth-order valence-corrected chi connectivity index (χ4v) is 2.37. The third-order valence-electron chi connectivity index (χ3n) is 2.95. The summed E-state index contributed by atoms with van der Waals surface area (Å²) in [5.41, 5.74) is 6.35. The standard InChI is InChI=1S/C13H29NO/c1-7-8-10(2)9-11(14)12(15-6)13(3,4)5/h10-12H,7-9,14H2,1-6H3. The van der Waals surface area contributed by atoms with E-state index in [0.29, 0.717) is 5.92 Å². The molecule has 0 heterocycles. The van der Waals surface area contributed by atoms with E-state index in [2.05, 4.69) is 34.6 Å². The number of rotatable bonds is 6. The lowest BCUT2D eigenvalue weighted by Crippen LogP contribution is -2.45. The Kier molecular flexibility index (Phi) is 6.46. The van der Waals surface area contributed by atoms with Crippen molar-refractivity contribution in [1.82, 2.24) is 0 Å². The second kappa shape index (κ2) is 6.49. The number of nitrogens with two attached hydrogens (primary N) is 1. The summed E-state index contributed by atoms with van der Waals surface area (Å²) in [5.74, 6) is 0.699. The van der Waals surface area contributed by atoms with Gasteiger partial charge in [-0.25, -0.2) is 0 Å². The summed E-state index contributed by atoms with van der Waals surface area (Å²) < 4.78 is 5.53. The highest BCUT2D eigenvalue weighted by molar-refractivity contribution is 4.84. The van der Waals surface area contributed by atoms with Crippen molar-refractivity contribution >= 4 is 0 Å². The van der Waals surface area contributed by atoms with Crippen LogP contribution in [0.4, 0.5) is 0 Å². The zero-order chi connectivity index (χ0) is 12.1. The molecule has 3 unspecified atom stereocenters. The highest BCUT2D eigenvalue weighted by Crippen LogP contribution is 2.27. The summed E-state index contributed by atoms with van der Waals surface area (Å²) in [6.07, 6.45) is 3.70. The first-order valence-corrected chi connectivity index (χ1v) is 6.11. The molecule has 0 aliphatic carbocycles. The Morgan fingerprint density at radius 3 is 2.13 bits per heavy atom. The van der Waals surface area contributed by atoms with Gasteiger partial charge in [0.15, 0.2) is 0 Å². The average molecular weight is 215 g/mol. The van der Waals surface area contributed by atoms with Gasteiger partial charge in [0, 0.05) is 13.2 Å². The molecule has 92 valence electrons. The monoisotopic (exact) mass is 215 g/mol. The molecule has 0 radical (unpaired) electrons. The van der Waals surface area contributed by atoms with Gasteiger partial charge in [0.1, 0.15) is 0 Å². The molecule has 2 heteroatoms. The molecule has 2 nitrogen and oxygen atoms in total. The van der Waals surface area contributed by atoms with Crippen LogP contribution in [0.1, 0.15) is 53.9 Å². The average Bonchev–Trinajstić information content (AvgIpc) is 2.02.